The maximum Gasteiger partial charge on any atom is 0.229 e. The summed E-state index contributed by atoms with van der Waals surface area (Å²) in [6.07, 6.45) is 5.61. The molecule has 2 fully saturated rings. The van der Waals surface area contributed by atoms with Crippen molar-refractivity contribution >= 4 is 5.91 Å². The highest BCUT2D eigenvalue weighted by molar-refractivity contribution is 5.83. The molecule has 4 heteroatoms. The molecule has 2 atom stereocenters. The van der Waals surface area contributed by atoms with Crippen molar-refractivity contribution < 1.29 is 4.79 Å². The fourth-order valence-corrected chi connectivity index (χ4v) is 3.62. The number of nitrogens with zero attached hydrogens (tertiary/aromatic N) is 2. The second-order valence-corrected chi connectivity index (χ2v) is 6.38. The van der Waals surface area contributed by atoms with Crippen LogP contribution in [0.15, 0.2) is 0 Å². The molecule has 2 rings (SSSR count). The number of nitrogens with one attached hydrogen (secondary N) is 1. The Balaban J connectivity index is 1.96. The lowest BCUT2D eigenvalue weighted by Crippen LogP contribution is -2.52. The lowest BCUT2D eigenvalue weighted by molar-refractivity contribution is -0.142. The Labute approximate surface area is 117 Å². The molecule has 110 valence electrons. The summed E-state index contributed by atoms with van der Waals surface area (Å²) in [5.74, 6) is 0.350. The predicted molar refractivity (Wildman–Crippen MR) is 78.1 cm³/mol. The van der Waals surface area contributed by atoms with E-state index in [0.717, 1.165) is 38.9 Å². The van der Waals surface area contributed by atoms with Crippen molar-refractivity contribution in [2.75, 3.05) is 40.3 Å². The highest BCUT2D eigenvalue weighted by atomic mass is 16.2. The third-order valence-electron chi connectivity index (χ3n) is 5.11. The molecule has 2 heterocycles. The maximum atomic E-state index is 12.8. The first kappa shape index (κ1) is 14.8. The van der Waals surface area contributed by atoms with E-state index >= 15 is 0 Å². The Hall–Kier alpha value is -0.610. The smallest absolute Gasteiger partial charge is 0.229 e. The Morgan fingerprint density at radius 1 is 1.47 bits per heavy atom. The summed E-state index contributed by atoms with van der Waals surface area (Å²) in [6, 6.07) is 0.555. The minimum Gasteiger partial charge on any atom is -0.344 e. The molecule has 0 radical (unpaired) electrons. The van der Waals surface area contributed by atoms with E-state index in [-0.39, 0.29) is 5.41 Å². The average Bonchev–Trinajstić information content (AvgIpc) is 2.84. The molecule has 0 aromatic carbocycles. The zero-order valence-electron chi connectivity index (χ0n) is 12.7. The molecule has 0 aliphatic carbocycles. The zero-order valence-corrected chi connectivity index (χ0v) is 12.7. The number of hydrogen-bond donors (Lipinski definition) is 1. The minimum atomic E-state index is -0.149. The summed E-state index contributed by atoms with van der Waals surface area (Å²) in [7, 11) is 4.16. The summed E-state index contributed by atoms with van der Waals surface area (Å²) in [4.78, 5) is 17.2. The molecule has 2 unspecified atom stereocenters. The monoisotopic (exact) mass is 267 g/mol. The van der Waals surface area contributed by atoms with Gasteiger partial charge in [0.25, 0.3) is 0 Å². The van der Waals surface area contributed by atoms with Gasteiger partial charge in [-0.2, -0.15) is 0 Å². The molecule has 0 saturated carbocycles. The van der Waals surface area contributed by atoms with Gasteiger partial charge in [0.15, 0.2) is 0 Å². The summed E-state index contributed by atoms with van der Waals surface area (Å²) >= 11 is 0. The molecule has 2 aliphatic heterocycles. The van der Waals surface area contributed by atoms with Crippen LogP contribution in [0.25, 0.3) is 0 Å². The number of carbonyl (C=O) groups excluding carboxylic acids is 1. The highest BCUT2D eigenvalue weighted by Crippen LogP contribution is 2.32. The van der Waals surface area contributed by atoms with E-state index in [1.165, 1.54) is 19.4 Å². The molecule has 0 spiro atoms. The Morgan fingerprint density at radius 2 is 2.26 bits per heavy atom. The summed E-state index contributed by atoms with van der Waals surface area (Å²) < 4.78 is 0. The largest absolute Gasteiger partial charge is 0.344 e. The van der Waals surface area contributed by atoms with Gasteiger partial charge in [0.1, 0.15) is 0 Å². The molecule has 4 nitrogen and oxygen atoms in total. The number of piperidine rings is 1. The van der Waals surface area contributed by atoms with Crippen LogP contribution in [0.3, 0.4) is 0 Å². The Kier molecular flexibility index (Phi) is 4.85. The van der Waals surface area contributed by atoms with Crippen molar-refractivity contribution in [2.45, 2.75) is 45.1 Å². The quantitative estimate of drug-likeness (QED) is 0.834. The Morgan fingerprint density at radius 3 is 2.79 bits per heavy atom. The van der Waals surface area contributed by atoms with Crippen molar-refractivity contribution in [1.82, 2.24) is 15.1 Å². The van der Waals surface area contributed by atoms with Crippen LogP contribution in [-0.2, 0) is 4.79 Å². The van der Waals surface area contributed by atoms with Gasteiger partial charge in [-0.1, -0.05) is 6.92 Å². The van der Waals surface area contributed by atoms with Crippen LogP contribution < -0.4 is 5.32 Å². The normalized spacial score (nSPS) is 32.5. The van der Waals surface area contributed by atoms with Crippen molar-refractivity contribution in [3.63, 3.8) is 0 Å². The SMILES string of the molecule is CCC1(C(=O)N(C)CC2CCCN2C)CCCNC1. The summed E-state index contributed by atoms with van der Waals surface area (Å²) in [5.41, 5.74) is -0.149. The molecule has 19 heavy (non-hydrogen) atoms. The lowest BCUT2D eigenvalue weighted by atomic mass is 9.77. The van der Waals surface area contributed by atoms with E-state index in [4.69, 9.17) is 0 Å². The fourth-order valence-electron chi connectivity index (χ4n) is 3.62. The van der Waals surface area contributed by atoms with Crippen molar-refractivity contribution in [2.24, 2.45) is 5.41 Å². The van der Waals surface area contributed by atoms with Gasteiger partial charge in [0, 0.05) is 26.2 Å². The van der Waals surface area contributed by atoms with E-state index in [1.54, 1.807) is 0 Å². The molecular weight excluding hydrogens is 238 g/mol. The third kappa shape index (κ3) is 3.11. The number of carbonyl (C=O) groups is 1. The van der Waals surface area contributed by atoms with Crippen molar-refractivity contribution in [1.29, 1.82) is 0 Å². The minimum absolute atomic E-state index is 0.149. The molecule has 1 amide bonds. The first-order chi connectivity index (χ1) is 9.09. The molecule has 1 N–H and O–H groups in total. The summed E-state index contributed by atoms with van der Waals surface area (Å²) in [5, 5.41) is 3.41. The Bertz CT molecular complexity index is 313. The summed E-state index contributed by atoms with van der Waals surface area (Å²) in [6.45, 7) is 6.13. The van der Waals surface area contributed by atoms with Crippen molar-refractivity contribution in [3.05, 3.63) is 0 Å². The van der Waals surface area contributed by atoms with Crippen LogP contribution in [0.4, 0.5) is 0 Å². The van der Waals surface area contributed by atoms with Crippen LogP contribution in [0.5, 0.6) is 0 Å². The lowest BCUT2D eigenvalue weighted by Gasteiger charge is -2.39. The fraction of sp³-hybridized carbons (Fsp3) is 0.933. The molecule has 2 saturated heterocycles. The topological polar surface area (TPSA) is 35.6 Å². The third-order valence-corrected chi connectivity index (χ3v) is 5.11. The van der Waals surface area contributed by atoms with Crippen LogP contribution >= 0.6 is 0 Å². The van der Waals surface area contributed by atoms with Gasteiger partial charge in [0.05, 0.1) is 5.41 Å². The number of rotatable bonds is 4. The predicted octanol–water partition coefficient (Wildman–Crippen LogP) is 1.32. The molecule has 2 aliphatic rings. The van der Waals surface area contributed by atoms with Crippen LogP contribution in [0.1, 0.15) is 39.0 Å². The van der Waals surface area contributed by atoms with E-state index in [2.05, 4.69) is 24.2 Å². The van der Waals surface area contributed by atoms with E-state index in [0.29, 0.717) is 11.9 Å². The van der Waals surface area contributed by atoms with E-state index in [9.17, 15) is 4.79 Å². The van der Waals surface area contributed by atoms with Gasteiger partial charge in [-0.05, 0) is 52.2 Å². The molecule has 0 bridgehead atoms. The van der Waals surface area contributed by atoms with Crippen molar-refractivity contribution in [3.8, 4) is 0 Å². The van der Waals surface area contributed by atoms with Gasteiger partial charge in [0.2, 0.25) is 5.91 Å². The van der Waals surface area contributed by atoms with Gasteiger partial charge >= 0.3 is 0 Å². The average molecular weight is 267 g/mol. The molecular formula is C15H29N3O. The number of amides is 1. The van der Waals surface area contributed by atoms with Gasteiger partial charge in [-0.25, -0.2) is 0 Å². The number of likely N-dealkylation sites (tertiary alicyclic amines) is 1. The standard InChI is InChI=1S/C15H29N3O/c1-4-15(8-6-9-16-12-15)14(19)18(3)11-13-7-5-10-17(13)2/h13,16H,4-12H2,1-3H3. The van der Waals surface area contributed by atoms with Gasteiger partial charge in [-0.15, -0.1) is 0 Å². The maximum absolute atomic E-state index is 12.8. The second-order valence-electron chi connectivity index (χ2n) is 6.38. The van der Waals surface area contributed by atoms with Crippen LogP contribution in [0.2, 0.25) is 0 Å². The van der Waals surface area contributed by atoms with Gasteiger partial charge in [-0.3, -0.25) is 4.79 Å². The molecule has 0 aromatic heterocycles. The van der Waals surface area contributed by atoms with Gasteiger partial charge < -0.3 is 15.1 Å². The van der Waals surface area contributed by atoms with Crippen LogP contribution in [-0.4, -0.2) is 62.0 Å². The first-order valence-electron chi connectivity index (χ1n) is 7.75. The first-order valence-corrected chi connectivity index (χ1v) is 7.75. The second kappa shape index (κ2) is 6.23. The highest BCUT2D eigenvalue weighted by Gasteiger charge is 2.40. The van der Waals surface area contributed by atoms with Crippen LogP contribution in [0, 0.1) is 5.41 Å². The van der Waals surface area contributed by atoms with E-state index < -0.39 is 0 Å². The number of hydrogen-bond acceptors (Lipinski definition) is 3. The van der Waals surface area contributed by atoms with E-state index in [1.807, 2.05) is 11.9 Å². The zero-order chi connectivity index (χ0) is 13.9. The molecule has 0 aromatic rings. The number of likely N-dealkylation sites (N-methyl/N-ethyl adjacent to an activating group) is 2.